The highest BCUT2D eigenvalue weighted by Gasteiger charge is 2.37. The zero-order valence-electron chi connectivity index (χ0n) is 11.8. The van der Waals surface area contributed by atoms with Crippen molar-refractivity contribution in [3.05, 3.63) is 0 Å². The van der Waals surface area contributed by atoms with Crippen molar-refractivity contribution in [2.75, 3.05) is 19.8 Å². The molecular formula is C14H25NO3. The van der Waals surface area contributed by atoms with Crippen molar-refractivity contribution in [2.24, 2.45) is 5.92 Å². The highest BCUT2D eigenvalue weighted by Crippen LogP contribution is 2.31. The molecule has 4 nitrogen and oxygen atoms in total. The molecule has 104 valence electrons. The van der Waals surface area contributed by atoms with Crippen LogP contribution in [0, 0.1) is 5.92 Å². The molecule has 1 amide bonds. The van der Waals surface area contributed by atoms with Crippen LogP contribution in [0.15, 0.2) is 0 Å². The number of hydrogen-bond acceptors (Lipinski definition) is 3. The van der Waals surface area contributed by atoms with Gasteiger partial charge in [0, 0.05) is 25.8 Å². The Labute approximate surface area is 110 Å². The first-order chi connectivity index (χ1) is 8.47. The molecule has 18 heavy (non-hydrogen) atoms. The van der Waals surface area contributed by atoms with Crippen LogP contribution in [0.25, 0.3) is 0 Å². The van der Waals surface area contributed by atoms with Crippen molar-refractivity contribution >= 4 is 6.09 Å². The second kappa shape index (κ2) is 5.47. The smallest absolute Gasteiger partial charge is 0.410 e. The summed E-state index contributed by atoms with van der Waals surface area (Å²) < 4.78 is 10.9. The molecule has 2 rings (SSSR count). The van der Waals surface area contributed by atoms with Crippen LogP contribution in [-0.4, -0.2) is 42.4 Å². The molecular weight excluding hydrogens is 230 g/mol. The fraction of sp³-hybridized carbons (Fsp3) is 0.929. The number of hydrogen-bond donors (Lipinski definition) is 0. The van der Waals surface area contributed by atoms with Crippen LogP contribution in [0.3, 0.4) is 0 Å². The second-order valence-corrected chi connectivity index (χ2v) is 6.33. The molecule has 0 aromatic heterocycles. The van der Waals surface area contributed by atoms with Gasteiger partial charge in [-0.25, -0.2) is 4.79 Å². The first-order valence-electron chi connectivity index (χ1n) is 7.05. The van der Waals surface area contributed by atoms with Crippen LogP contribution in [0.1, 0.15) is 46.5 Å². The normalized spacial score (nSPS) is 26.4. The molecule has 2 aliphatic heterocycles. The summed E-state index contributed by atoms with van der Waals surface area (Å²) in [5, 5.41) is 0. The van der Waals surface area contributed by atoms with Gasteiger partial charge in [-0.15, -0.1) is 0 Å². The number of likely N-dealkylation sites (tertiary alicyclic amines) is 1. The Hall–Kier alpha value is -0.770. The summed E-state index contributed by atoms with van der Waals surface area (Å²) in [5.74, 6) is 0.591. The summed E-state index contributed by atoms with van der Waals surface area (Å²) in [6.45, 7) is 8.28. The van der Waals surface area contributed by atoms with Gasteiger partial charge in [-0.05, 0) is 52.4 Å². The van der Waals surface area contributed by atoms with Crippen LogP contribution < -0.4 is 0 Å². The SMILES string of the molecule is CC(C)(C)OC(=O)N1CCCC1C1CCOCC1. The van der Waals surface area contributed by atoms with Crippen molar-refractivity contribution < 1.29 is 14.3 Å². The third-order valence-corrected chi connectivity index (χ3v) is 3.74. The van der Waals surface area contributed by atoms with Crippen LogP contribution in [0.2, 0.25) is 0 Å². The second-order valence-electron chi connectivity index (χ2n) is 6.33. The lowest BCUT2D eigenvalue weighted by Crippen LogP contribution is -2.44. The fourth-order valence-electron chi connectivity index (χ4n) is 2.93. The van der Waals surface area contributed by atoms with Gasteiger partial charge in [-0.3, -0.25) is 0 Å². The van der Waals surface area contributed by atoms with Crippen molar-refractivity contribution in [3.8, 4) is 0 Å². The Morgan fingerprint density at radius 1 is 1.22 bits per heavy atom. The van der Waals surface area contributed by atoms with Crippen LogP contribution >= 0.6 is 0 Å². The highest BCUT2D eigenvalue weighted by molar-refractivity contribution is 5.69. The summed E-state index contributed by atoms with van der Waals surface area (Å²) >= 11 is 0. The van der Waals surface area contributed by atoms with E-state index in [4.69, 9.17) is 9.47 Å². The third kappa shape index (κ3) is 3.37. The number of ether oxygens (including phenoxy) is 2. The average molecular weight is 255 g/mol. The molecule has 2 heterocycles. The van der Waals surface area contributed by atoms with E-state index in [0.29, 0.717) is 12.0 Å². The molecule has 2 aliphatic rings. The Balaban J connectivity index is 1.96. The molecule has 0 bridgehead atoms. The van der Waals surface area contributed by atoms with Crippen molar-refractivity contribution in [3.63, 3.8) is 0 Å². The molecule has 0 radical (unpaired) electrons. The number of rotatable bonds is 1. The van der Waals surface area contributed by atoms with E-state index in [1.807, 2.05) is 25.7 Å². The number of carbonyl (C=O) groups is 1. The van der Waals surface area contributed by atoms with Gasteiger partial charge in [0.1, 0.15) is 5.60 Å². The van der Waals surface area contributed by atoms with Gasteiger partial charge in [-0.2, -0.15) is 0 Å². The quantitative estimate of drug-likeness (QED) is 0.723. The number of amides is 1. The molecule has 0 aromatic rings. The first kappa shape index (κ1) is 13.7. The maximum atomic E-state index is 12.2. The zero-order valence-corrected chi connectivity index (χ0v) is 11.8. The first-order valence-corrected chi connectivity index (χ1v) is 7.05. The van der Waals surface area contributed by atoms with E-state index in [1.165, 1.54) is 0 Å². The lowest BCUT2D eigenvalue weighted by Gasteiger charge is -2.34. The summed E-state index contributed by atoms with van der Waals surface area (Å²) in [5.41, 5.74) is -0.403. The van der Waals surface area contributed by atoms with Gasteiger partial charge in [0.25, 0.3) is 0 Å². The molecule has 0 N–H and O–H groups in total. The van der Waals surface area contributed by atoms with Crippen LogP contribution in [0.4, 0.5) is 4.79 Å². The Morgan fingerprint density at radius 2 is 1.89 bits per heavy atom. The van der Waals surface area contributed by atoms with Gasteiger partial charge in [0.2, 0.25) is 0 Å². The predicted octanol–water partition coefficient (Wildman–Crippen LogP) is 2.81. The van der Waals surface area contributed by atoms with E-state index in [1.54, 1.807) is 0 Å². The molecule has 0 aliphatic carbocycles. The highest BCUT2D eigenvalue weighted by atomic mass is 16.6. The Bertz CT molecular complexity index is 292. The number of carbonyl (C=O) groups excluding carboxylic acids is 1. The molecule has 0 saturated carbocycles. The molecule has 2 saturated heterocycles. The molecule has 1 unspecified atom stereocenters. The average Bonchev–Trinajstić information content (AvgIpc) is 2.76. The van der Waals surface area contributed by atoms with Gasteiger partial charge < -0.3 is 14.4 Å². The maximum absolute atomic E-state index is 12.2. The van der Waals surface area contributed by atoms with E-state index in [-0.39, 0.29) is 6.09 Å². The van der Waals surface area contributed by atoms with E-state index in [9.17, 15) is 4.79 Å². The summed E-state index contributed by atoms with van der Waals surface area (Å²) in [4.78, 5) is 14.1. The Morgan fingerprint density at radius 3 is 2.50 bits per heavy atom. The van der Waals surface area contributed by atoms with Crippen molar-refractivity contribution in [1.29, 1.82) is 0 Å². The molecule has 1 atom stereocenters. The lowest BCUT2D eigenvalue weighted by molar-refractivity contribution is 0.00287. The van der Waals surface area contributed by atoms with E-state index < -0.39 is 5.60 Å². The molecule has 4 heteroatoms. The maximum Gasteiger partial charge on any atom is 0.410 e. The molecule has 2 fully saturated rings. The standard InChI is InChI=1S/C14H25NO3/c1-14(2,3)18-13(16)15-8-4-5-12(15)11-6-9-17-10-7-11/h11-12H,4-10H2,1-3H3. The minimum Gasteiger partial charge on any atom is -0.444 e. The number of nitrogens with zero attached hydrogens (tertiary/aromatic N) is 1. The summed E-state index contributed by atoms with van der Waals surface area (Å²) in [7, 11) is 0. The van der Waals surface area contributed by atoms with Gasteiger partial charge in [0.15, 0.2) is 0 Å². The van der Waals surface area contributed by atoms with E-state index in [2.05, 4.69) is 0 Å². The summed E-state index contributed by atoms with van der Waals surface area (Å²) in [6, 6.07) is 0.365. The van der Waals surface area contributed by atoms with Gasteiger partial charge in [-0.1, -0.05) is 0 Å². The molecule has 0 aromatic carbocycles. The predicted molar refractivity (Wildman–Crippen MR) is 69.5 cm³/mol. The van der Waals surface area contributed by atoms with Gasteiger partial charge in [0.05, 0.1) is 0 Å². The van der Waals surface area contributed by atoms with Crippen molar-refractivity contribution in [1.82, 2.24) is 4.90 Å². The van der Waals surface area contributed by atoms with E-state index >= 15 is 0 Å². The lowest BCUT2D eigenvalue weighted by atomic mass is 9.90. The monoisotopic (exact) mass is 255 g/mol. The van der Waals surface area contributed by atoms with Crippen LogP contribution in [0.5, 0.6) is 0 Å². The molecule has 0 spiro atoms. The third-order valence-electron chi connectivity index (χ3n) is 3.74. The minimum absolute atomic E-state index is 0.142. The van der Waals surface area contributed by atoms with Gasteiger partial charge >= 0.3 is 6.09 Å². The summed E-state index contributed by atoms with van der Waals surface area (Å²) in [6.07, 6.45) is 4.22. The zero-order chi connectivity index (χ0) is 13.2. The Kier molecular flexibility index (Phi) is 4.15. The van der Waals surface area contributed by atoms with Crippen molar-refractivity contribution in [2.45, 2.75) is 58.1 Å². The fourth-order valence-corrected chi connectivity index (χ4v) is 2.93. The topological polar surface area (TPSA) is 38.8 Å². The minimum atomic E-state index is -0.403. The largest absolute Gasteiger partial charge is 0.444 e. The van der Waals surface area contributed by atoms with Crippen LogP contribution in [-0.2, 0) is 9.47 Å². The van der Waals surface area contributed by atoms with E-state index in [0.717, 1.165) is 45.4 Å².